The number of amides is 1. The lowest BCUT2D eigenvalue weighted by atomic mass is 9.76. The largest absolute Gasteiger partial charge is 0.446 e. The molecule has 1 amide bonds. The Labute approximate surface area is 208 Å². The summed E-state index contributed by atoms with van der Waals surface area (Å²) in [6.07, 6.45) is -0.976. The molecule has 36 heavy (non-hydrogen) atoms. The zero-order valence-electron chi connectivity index (χ0n) is 19.8. The molecule has 0 aliphatic rings. The summed E-state index contributed by atoms with van der Waals surface area (Å²) in [7, 11) is 0. The summed E-state index contributed by atoms with van der Waals surface area (Å²) in [5.41, 5.74) is 8.80. The van der Waals surface area contributed by atoms with E-state index in [1.54, 1.807) is 11.5 Å². The number of aromatic nitrogens is 1. The van der Waals surface area contributed by atoms with Crippen LogP contribution in [0.1, 0.15) is 29.2 Å². The van der Waals surface area contributed by atoms with Gasteiger partial charge in [0.15, 0.2) is 5.58 Å². The maximum Gasteiger partial charge on any atom is 0.421 e. The van der Waals surface area contributed by atoms with Gasteiger partial charge in [0, 0.05) is 12.0 Å². The highest BCUT2D eigenvalue weighted by molar-refractivity contribution is 5.78. The topological polar surface area (TPSA) is 87.5 Å². The van der Waals surface area contributed by atoms with E-state index in [1.807, 2.05) is 109 Å². The first-order chi connectivity index (χ1) is 17.5. The number of benzene rings is 4. The molecule has 4 aromatic carbocycles. The summed E-state index contributed by atoms with van der Waals surface area (Å²) in [5, 5.41) is 0. The minimum Gasteiger partial charge on any atom is -0.446 e. The Morgan fingerprint density at radius 3 is 1.81 bits per heavy atom. The molecule has 0 saturated heterocycles. The predicted molar refractivity (Wildman–Crippen MR) is 139 cm³/mol. The third-order valence-corrected chi connectivity index (χ3v) is 6.42. The molecule has 0 saturated carbocycles. The maximum absolute atomic E-state index is 13.8. The van der Waals surface area contributed by atoms with E-state index in [1.165, 1.54) is 0 Å². The van der Waals surface area contributed by atoms with Crippen molar-refractivity contribution in [2.45, 2.75) is 25.0 Å². The number of primary amides is 1. The molecule has 1 aromatic heterocycles. The highest BCUT2D eigenvalue weighted by atomic mass is 16.6. The molecule has 180 valence electrons. The fourth-order valence-corrected chi connectivity index (χ4v) is 5.05. The first-order valence-electron chi connectivity index (χ1n) is 11.8. The number of nitrogens with two attached hydrogens (primary N) is 1. The zero-order chi connectivity index (χ0) is 25.1. The molecule has 5 aromatic rings. The predicted octanol–water partition coefficient (Wildman–Crippen LogP) is 5.46. The lowest BCUT2D eigenvalue weighted by Crippen LogP contribution is -2.42. The second-order valence-electron chi connectivity index (χ2n) is 8.73. The summed E-state index contributed by atoms with van der Waals surface area (Å²) < 4.78 is 12.8. The molecule has 1 heterocycles. The van der Waals surface area contributed by atoms with Gasteiger partial charge >= 0.3 is 11.8 Å². The van der Waals surface area contributed by atoms with Crippen LogP contribution in [0.3, 0.4) is 0 Å². The van der Waals surface area contributed by atoms with Gasteiger partial charge in [0.05, 0.1) is 5.52 Å². The smallest absolute Gasteiger partial charge is 0.421 e. The monoisotopic (exact) mass is 478 g/mol. The molecule has 1 atom stereocenters. The molecule has 6 nitrogen and oxygen atoms in total. The number of hydrogen-bond donors (Lipinski definition) is 1. The van der Waals surface area contributed by atoms with E-state index in [-0.39, 0.29) is 0 Å². The fourth-order valence-electron chi connectivity index (χ4n) is 5.05. The van der Waals surface area contributed by atoms with Crippen LogP contribution in [-0.2, 0) is 16.7 Å². The van der Waals surface area contributed by atoms with Crippen LogP contribution in [0.15, 0.2) is 118 Å². The van der Waals surface area contributed by atoms with Gasteiger partial charge in [0.1, 0.15) is 11.6 Å². The van der Waals surface area contributed by atoms with Crippen molar-refractivity contribution >= 4 is 17.2 Å². The Morgan fingerprint density at radius 1 is 0.833 bits per heavy atom. The van der Waals surface area contributed by atoms with E-state index >= 15 is 0 Å². The van der Waals surface area contributed by atoms with Crippen molar-refractivity contribution in [1.82, 2.24) is 4.57 Å². The summed E-state index contributed by atoms with van der Waals surface area (Å²) in [6.45, 7) is 1.75. The average molecular weight is 479 g/mol. The molecule has 0 aliphatic heterocycles. The number of oxazole rings is 1. The second-order valence-corrected chi connectivity index (χ2v) is 8.73. The minimum absolute atomic E-state index is 0.349. The number of carbonyl (C=O) groups excluding carboxylic acids is 1. The Morgan fingerprint density at radius 2 is 1.33 bits per heavy atom. The van der Waals surface area contributed by atoms with E-state index in [0.717, 1.165) is 22.3 Å². The summed E-state index contributed by atoms with van der Waals surface area (Å²) >= 11 is 0. The minimum atomic E-state index is -1.000. The number of para-hydroxylation sites is 1. The highest BCUT2D eigenvalue weighted by Gasteiger charge is 2.41. The van der Waals surface area contributed by atoms with Crippen molar-refractivity contribution in [3.63, 3.8) is 0 Å². The Balaban J connectivity index is 1.85. The number of rotatable bonds is 7. The molecular formula is C30H26N2O4. The Bertz CT molecular complexity index is 1440. The van der Waals surface area contributed by atoms with Crippen molar-refractivity contribution < 1.29 is 13.9 Å². The molecule has 0 bridgehead atoms. The molecule has 0 radical (unpaired) electrons. The molecule has 0 fully saturated rings. The molecular weight excluding hydrogens is 452 g/mol. The fraction of sp³-hybridized carbons (Fsp3) is 0.133. The van der Waals surface area contributed by atoms with Gasteiger partial charge in [0.25, 0.3) is 0 Å². The van der Waals surface area contributed by atoms with Crippen LogP contribution >= 0.6 is 0 Å². The first kappa shape index (κ1) is 23.2. The van der Waals surface area contributed by atoms with E-state index in [4.69, 9.17) is 14.9 Å². The standard InChI is InChI=1S/C30H26N2O4/c1-21(35-28(31)33)20-22-12-11-19-26-27(22)36-29(34)32(26)30(23-13-5-2-6-14-23,24-15-7-3-8-16-24)25-17-9-4-10-18-25/h2-19,21H,20H2,1H3,(H2,31,33)/t21-/m1/s1. The van der Waals surface area contributed by atoms with Gasteiger partial charge in [-0.05, 0) is 29.7 Å². The summed E-state index contributed by atoms with van der Waals surface area (Å²) in [4.78, 5) is 25.1. The van der Waals surface area contributed by atoms with Crippen LogP contribution in [0.5, 0.6) is 0 Å². The Hall–Kier alpha value is -4.58. The molecule has 0 spiro atoms. The Kier molecular flexibility index (Phi) is 6.17. The molecule has 0 aliphatic carbocycles. The quantitative estimate of drug-likeness (QED) is 0.315. The highest BCUT2D eigenvalue weighted by Crippen LogP contribution is 2.42. The van der Waals surface area contributed by atoms with E-state index < -0.39 is 23.5 Å². The number of nitrogens with zero attached hydrogens (tertiary/aromatic N) is 1. The van der Waals surface area contributed by atoms with E-state index in [9.17, 15) is 9.59 Å². The molecule has 0 unspecified atom stereocenters. The van der Waals surface area contributed by atoms with Crippen LogP contribution in [-0.4, -0.2) is 16.8 Å². The lowest BCUT2D eigenvalue weighted by Gasteiger charge is -2.36. The zero-order valence-corrected chi connectivity index (χ0v) is 19.8. The van der Waals surface area contributed by atoms with Crippen LogP contribution < -0.4 is 11.5 Å². The van der Waals surface area contributed by atoms with Gasteiger partial charge in [-0.1, -0.05) is 103 Å². The van der Waals surface area contributed by atoms with Crippen molar-refractivity contribution in [1.29, 1.82) is 0 Å². The van der Waals surface area contributed by atoms with Crippen molar-refractivity contribution in [3.05, 3.63) is 142 Å². The first-order valence-corrected chi connectivity index (χ1v) is 11.8. The lowest BCUT2D eigenvalue weighted by molar-refractivity contribution is 0.116. The van der Waals surface area contributed by atoms with E-state index in [2.05, 4.69) is 0 Å². The maximum atomic E-state index is 13.8. The van der Waals surface area contributed by atoms with Gasteiger partial charge in [-0.15, -0.1) is 0 Å². The van der Waals surface area contributed by atoms with E-state index in [0.29, 0.717) is 17.5 Å². The number of ether oxygens (including phenoxy) is 1. The summed E-state index contributed by atoms with van der Waals surface area (Å²) in [6, 6.07) is 35.5. The molecule has 2 N–H and O–H groups in total. The third-order valence-electron chi connectivity index (χ3n) is 6.42. The normalized spacial score (nSPS) is 12.4. The van der Waals surface area contributed by atoms with Gasteiger partial charge in [-0.2, -0.15) is 0 Å². The van der Waals surface area contributed by atoms with Crippen LogP contribution in [0, 0.1) is 0 Å². The second kappa shape index (κ2) is 9.58. The number of hydrogen-bond acceptors (Lipinski definition) is 4. The van der Waals surface area contributed by atoms with Crippen LogP contribution in [0.2, 0.25) is 0 Å². The third kappa shape index (κ3) is 3.96. The van der Waals surface area contributed by atoms with Crippen LogP contribution in [0.4, 0.5) is 4.79 Å². The van der Waals surface area contributed by atoms with Crippen molar-refractivity contribution in [3.8, 4) is 0 Å². The van der Waals surface area contributed by atoms with Crippen molar-refractivity contribution in [2.24, 2.45) is 5.73 Å². The van der Waals surface area contributed by atoms with Crippen molar-refractivity contribution in [2.75, 3.05) is 0 Å². The summed E-state index contributed by atoms with van der Waals surface area (Å²) in [5.74, 6) is -0.488. The molecule has 5 rings (SSSR count). The van der Waals surface area contributed by atoms with Gasteiger partial charge in [-0.25, -0.2) is 9.59 Å². The number of carbonyl (C=O) groups is 1. The SMILES string of the molecule is C[C@H](Cc1cccc2c1oc(=O)n2C(c1ccccc1)(c1ccccc1)c1ccccc1)OC(N)=O. The average Bonchev–Trinajstić information content (AvgIpc) is 3.23. The van der Waals surface area contributed by atoms with Gasteiger partial charge < -0.3 is 14.9 Å². The number of fused-ring (bicyclic) bond motifs is 1. The van der Waals surface area contributed by atoms with Gasteiger partial charge in [0.2, 0.25) is 0 Å². The van der Waals surface area contributed by atoms with Crippen LogP contribution in [0.25, 0.3) is 11.1 Å². The van der Waals surface area contributed by atoms with Gasteiger partial charge in [-0.3, -0.25) is 4.57 Å². The molecule has 6 heteroatoms.